The quantitative estimate of drug-likeness (QED) is 0.347. The Balaban J connectivity index is 1.37. The molecule has 0 spiro atoms. The number of hydrogen-bond acceptors (Lipinski definition) is 6. The molecule has 174 valence electrons. The van der Waals surface area contributed by atoms with Gasteiger partial charge < -0.3 is 14.8 Å². The summed E-state index contributed by atoms with van der Waals surface area (Å²) in [5.41, 5.74) is 2.79. The molecule has 4 aromatic rings. The first-order chi connectivity index (χ1) is 16.5. The maximum Gasteiger partial charge on any atom is 0.240 e. The lowest BCUT2D eigenvalue weighted by Gasteiger charge is -2.16. The van der Waals surface area contributed by atoms with Crippen molar-refractivity contribution in [1.82, 2.24) is 25.1 Å². The van der Waals surface area contributed by atoms with Crippen molar-refractivity contribution in [2.45, 2.75) is 26.1 Å². The molecule has 1 unspecified atom stereocenters. The highest BCUT2D eigenvalue weighted by Crippen LogP contribution is 2.22. The monoisotopic (exact) mass is 475 g/mol. The highest BCUT2D eigenvalue weighted by atomic mass is 32.1. The summed E-state index contributed by atoms with van der Waals surface area (Å²) < 4.78 is 13.1. The molecule has 1 amide bonds. The van der Waals surface area contributed by atoms with Gasteiger partial charge in [0.1, 0.15) is 24.7 Å². The lowest BCUT2D eigenvalue weighted by Crippen LogP contribution is -2.30. The number of hydrogen-bond donors (Lipinski definition) is 2. The molecule has 0 fully saturated rings. The molecule has 2 N–H and O–H groups in total. The number of nitrogens with one attached hydrogen (secondary N) is 2. The van der Waals surface area contributed by atoms with Gasteiger partial charge in [0, 0.05) is 23.5 Å². The molecule has 0 aliphatic carbocycles. The van der Waals surface area contributed by atoms with Crippen LogP contribution in [0.25, 0.3) is 11.4 Å². The Bertz CT molecular complexity index is 1280. The average molecular weight is 476 g/mol. The molecule has 0 bridgehead atoms. The van der Waals surface area contributed by atoms with Gasteiger partial charge in [-0.1, -0.05) is 18.2 Å². The van der Waals surface area contributed by atoms with Gasteiger partial charge in [0.2, 0.25) is 5.91 Å². The minimum atomic E-state index is -0.189. The minimum absolute atomic E-state index is 0.0490. The Morgan fingerprint density at radius 1 is 1.12 bits per heavy atom. The second-order valence-corrected chi connectivity index (χ2v) is 8.06. The molecule has 0 saturated heterocycles. The summed E-state index contributed by atoms with van der Waals surface area (Å²) in [5.74, 6) is 1.91. The van der Waals surface area contributed by atoms with Crippen LogP contribution in [0, 0.1) is 4.77 Å². The van der Waals surface area contributed by atoms with Crippen molar-refractivity contribution in [1.29, 1.82) is 0 Å². The summed E-state index contributed by atoms with van der Waals surface area (Å²) in [4.78, 5) is 16.9. The van der Waals surface area contributed by atoms with Crippen LogP contribution >= 0.6 is 12.2 Å². The van der Waals surface area contributed by atoms with Crippen LogP contribution in [-0.4, -0.2) is 32.8 Å². The standard InChI is InChI=1S/C25H25N5O3S/c1-17(19-5-11-22(12-6-19)33-16-18-4-3-13-26-14-18)27-23(31)15-30-24(28-29-25(30)34)20-7-9-21(32-2)10-8-20/h3-14,17H,15-16H2,1-2H3,(H,27,31)(H,29,34). The molecular weight excluding hydrogens is 450 g/mol. The van der Waals surface area contributed by atoms with Crippen molar-refractivity contribution in [2.24, 2.45) is 0 Å². The topological polar surface area (TPSA) is 94.1 Å². The number of nitrogens with zero attached hydrogens (tertiary/aromatic N) is 3. The summed E-state index contributed by atoms with van der Waals surface area (Å²) in [6, 6.07) is 18.7. The number of carbonyl (C=O) groups excluding carboxylic acids is 1. The van der Waals surface area contributed by atoms with E-state index in [1.54, 1.807) is 24.1 Å². The van der Waals surface area contributed by atoms with E-state index in [4.69, 9.17) is 21.7 Å². The summed E-state index contributed by atoms with van der Waals surface area (Å²) in [5, 5.41) is 10.1. The molecule has 2 heterocycles. The van der Waals surface area contributed by atoms with E-state index in [0.717, 1.165) is 28.2 Å². The van der Waals surface area contributed by atoms with Crippen molar-refractivity contribution in [2.75, 3.05) is 7.11 Å². The molecule has 0 saturated carbocycles. The van der Waals surface area contributed by atoms with Gasteiger partial charge in [-0.05, 0) is 67.2 Å². The van der Waals surface area contributed by atoms with Gasteiger partial charge in [0.05, 0.1) is 13.2 Å². The molecule has 4 rings (SSSR count). The van der Waals surface area contributed by atoms with Crippen molar-refractivity contribution in [3.63, 3.8) is 0 Å². The summed E-state index contributed by atoms with van der Waals surface area (Å²) >= 11 is 5.34. The van der Waals surface area contributed by atoms with Crippen molar-refractivity contribution in [3.8, 4) is 22.9 Å². The number of aromatic amines is 1. The number of methoxy groups -OCH3 is 1. The number of aromatic nitrogens is 4. The van der Waals surface area contributed by atoms with Gasteiger partial charge >= 0.3 is 0 Å². The molecule has 0 aliphatic rings. The third-order valence-electron chi connectivity index (χ3n) is 5.29. The largest absolute Gasteiger partial charge is 0.497 e. The SMILES string of the molecule is COc1ccc(-c2n[nH]c(=S)n2CC(=O)NC(C)c2ccc(OCc3cccnc3)cc2)cc1. The summed E-state index contributed by atoms with van der Waals surface area (Å²) in [6.45, 7) is 2.43. The Hall–Kier alpha value is -3.98. The van der Waals surface area contributed by atoms with Gasteiger partial charge in [-0.2, -0.15) is 5.10 Å². The number of benzene rings is 2. The molecule has 34 heavy (non-hydrogen) atoms. The summed E-state index contributed by atoms with van der Waals surface area (Å²) in [7, 11) is 1.61. The molecular formula is C25H25N5O3S. The molecule has 0 radical (unpaired) electrons. The van der Waals surface area contributed by atoms with Gasteiger partial charge in [-0.3, -0.25) is 19.4 Å². The number of carbonyl (C=O) groups is 1. The number of H-pyrrole nitrogens is 1. The fraction of sp³-hybridized carbons (Fsp3) is 0.200. The van der Waals surface area contributed by atoms with E-state index in [0.29, 0.717) is 17.2 Å². The van der Waals surface area contributed by atoms with Crippen molar-refractivity contribution < 1.29 is 14.3 Å². The third-order valence-corrected chi connectivity index (χ3v) is 5.61. The first-order valence-corrected chi connectivity index (χ1v) is 11.1. The molecule has 2 aromatic heterocycles. The van der Waals surface area contributed by atoms with Crippen LogP contribution in [0.1, 0.15) is 24.1 Å². The Labute approximate surface area is 202 Å². The zero-order valence-electron chi connectivity index (χ0n) is 18.9. The lowest BCUT2D eigenvalue weighted by molar-refractivity contribution is -0.122. The predicted octanol–water partition coefficient (Wildman–Crippen LogP) is 4.47. The first-order valence-electron chi connectivity index (χ1n) is 10.7. The number of ether oxygens (including phenoxy) is 2. The molecule has 8 nitrogen and oxygen atoms in total. The van der Waals surface area contributed by atoms with Gasteiger partial charge in [-0.15, -0.1) is 0 Å². The maximum absolute atomic E-state index is 12.8. The van der Waals surface area contributed by atoms with Crippen molar-refractivity contribution in [3.05, 3.63) is 89.0 Å². The normalized spacial score (nSPS) is 11.6. The fourth-order valence-corrected chi connectivity index (χ4v) is 3.64. The van der Waals surface area contributed by atoms with E-state index in [1.165, 1.54) is 0 Å². The Kier molecular flexibility index (Phi) is 7.34. The van der Waals surface area contributed by atoms with Crippen LogP contribution in [0.15, 0.2) is 73.1 Å². The molecule has 1 atom stereocenters. The van der Waals surface area contributed by atoms with E-state index in [9.17, 15) is 4.79 Å². The van der Waals surface area contributed by atoms with Gasteiger partial charge in [-0.25, -0.2) is 0 Å². The molecule has 0 aliphatic heterocycles. The Morgan fingerprint density at radius 3 is 2.53 bits per heavy atom. The van der Waals surface area contributed by atoms with Crippen molar-refractivity contribution >= 4 is 18.1 Å². The van der Waals surface area contributed by atoms with Gasteiger partial charge in [0.15, 0.2) is 10.6 Å². The van der Waals surface area contributed by atoms with E-state index >= 15 is 0 Å². The first kappa shape index (κ1) is 23.2. The zero-order valence-corrected chi connectivity index (χ0v) is 19.7. The minimum Gasteiger partial charge on any atom is -0.497 e. The summed E-state index contributed by atoms with van der Waals surface area (Å²) in [6.07, 6.45) is 3.51. The van der Waals surface area contributed by atoms with Crippen LogP contribution in [0.4, 0.5) is 0 Å². The van der Waals surface area contributed by atoms with Crippen LogP contribution < -0.4 is 14.8 Å². The number of rotatable bonds is 9. The fourth-order valence-electron chi connectivity index (χ4n) is 3.44. The predicted molar refractivity (Wildman–Crippen MR) is 131 cm³/mol. The highest BCUT2D eigenvalue weighted by molar-refractivity contribution is 7.71. The zero-order chi connectivity index (χ0) is 23.9. The third kappa shape index (κ3) is 5.68. The number of amides is 1. The second-order valence-electron chi connectivity index (χ2n) is 7.68. The smallest absolute Gasteiger partial charge is 0.240 e. The van der Waals surface area contributed by atoms with Crippen LogP contribution in [0.2, 0.25) is 0 Å². The average Bonchev–Trinajstić information content (AvgIpc) is 3.23. The van der Waals surface area contributed by atoms with E-state index in [1.807, 2.05) is 67.6 Å². The van der Waals surface area contributed by atoms with E-state index in [2.05, 4.69) is 20.5 Å². The van der Waals surface area contributed by atoms with Crippen LogP contribution in [0.3, 0.4) is 0 Å². The second kappa shape index (κ2) is 10.8. The lowest BCUT2D eigenvalue weighted by atomic mass is 10.1. The molecule has 2 aromatic carbocycles. The number of pyridine rings is 1. The highest BCUT2D eigenvalue weighted by Gasteiger charge is 2.15. The molecule has 9 heteroatoms. The van der Waals surface area contributed by atoms with Gasteiger partial charge in [0.25, 0.3) is 0 Å². The maximum atomic E-state index is 12.8. The Morgan fingerprint density at radius 2 is 1.85 bits per heavy atom. The van der Waals surface area contributed by atoms with E-state index < -0.39 is 0 Å². The van der Waals surface area contributed by atoms with Crippen LogP contribution in [0.5, 0.6) is 11.5 Å². The van der Waals surface area contributed by atoms with Crippen LogP contribution in [-0.2, 0) is 17.9 Å². The van der Waals surface area contributed by atoms with E-state index in [-0.39, 0.29) is 18.5 Å².